The number of non-ortho nitro benzene ring substituents is 1. The molecule has 7 nitrogen and oxygen atoms in total. The third kappa shape index (κ3) is 5.03. The molecule has 1 aromatic carbocycles. The molecule has 0 unspecified atom stereocenters. The highest BCUT2D eigenvalue weighted by Crippen LogP contribution is 2.22. The summed E-state index contributed by atoms with van der Waals surface area (Å²) in [5.41, 5.74) is 0.295. The highest BCUT2D eigenvalue weighted by Gasteiger charge is 2.15. The van der Waals surface area contributed by atoms with Crippen LogP contribution in [0.5, 0.6) is 0 Å². The van der Waals surface area contributed by atoms with Crippen molar-refractivity contribution in [1.29, 1.82) is 0 Å². The predicted octanol–water partition coefficient (Wildman–Crippen LogP) is 3.94. The Morgan fingerprint density at radius 2 is 2.07 bits per heavy atom. The normalized spacial score (nSPS) is 16.0. The van der Waals surface area contributed by atoms with Crippen molar-refractivity contribution >= 4 is 28.6 Å². The van der Waals surface area contributed by atoms with E-state index in [0.717, 1.165) is 41.5 Å². The highest BCUT2D eigenvalue weighted by atomic mass is 32.1. The van der Waals surface area contributed by atoms with Crippen molar-refractivity contribution in [3.8, 4) is 0 Å². The van der Waals surface area contributed by atoms with Crippen molar-refractivity contribution in [2.75, 3.05) is 5.32 Å². The maximum atomic E-state index is 13.9. The van der Waals surface area contributed by atoms with Crippen LogP contribution in [0.4, 0.5) is 15.8 Å². The van der Waals surface area contributed by atoms with Crippen LogP contribution in [0.2, 0.25) is 0 Å². The van der Waals surface area contributed by atoms with Gasteiger partial charge in [0.25, 0.3) is 5.69 Å². The van der Waals surface area contributed by atoms with Crippen LogP contribution in [0.25, 0.3) is 0 Å². The van der Waals surface area contributed by atoms with Gasteiger partial charge >= 0.3 is 0 Å². The first-order chi connectivity index (χ1) is 13.4. The number of carbonyl (C=O) groups is 1. The van der Waals surface area contributed by atoms with Crippen LogP contribution in [0.3, 0.4) is 0 Å². The third-order valence-corrected chi connectivity index (χ3v) is 5.89. The van der Waals surface area contributed by atoms with Crippen LogP contribution >= 0.6 is 11.3 Å². The molecule has 0 bridgehead atoms. The number of halogens is 1. The van der Waals surface area contributed by atoms with Gasteiger partial charge in [-0.15, -0.1) is 11.3 Å². The van der Waals surface area contributed by atoms with Crippen LogP contribution in [0, 0.1) is 15.9 Å². The molecule has 28 heavy (non-hydrogen) atoms. The quantitative estimate of drug-likeness (QED) is 0.463. The van der Waals surface area contributed by atoms with Gasteiger partial charge in [-0.2, -0.15) is 0 Å². The average molecular weight is 406 g/mol. The smallest absolute Gasteiger partial charge is 0.271 e. The summed E-state index contributed by atoms with van der Waals surface area (Å²) in [5, 5.41) is 15.1. The minimum absolute atomic E-state index is 0.0370. The molecule has 0 aliphatic heterocycles. The summed E-state index contributed by atoms with van der Waals surface area (Å²) in [7, 11) is 1.86. The molecule has 1 N–H and O–H groups in total. The minimum atomic E-state index is -0.710. The monoisotopic (exact) mass is 406 g/mol. The standard InChI is InChI=1S/C19H23FN4O3S/c1-23-15(12-28-19(23)21-13-6-4-2-3-5-7-13)11-18(25)22-17-10-14(24(26)27)8-9-16(17)20/h8-10,12-13H,2-7,11H2,1H3,(H,22,25). The molecule has 9 heteroatoms. The molecule has 0 atom stereocenters. The molecule has 2 aromatic rings. The second kappa shape index (κ2) is 9.09. The van der Waals surface area contributed by atoms with Crippen LogP contribution in [0.15, 0.2) is 28.6 Å². The zero-order valence-corrected chi connectivity index (χ0v) is 16.5. The fraction of sp³-hybridized carbons (Fsp3) is 0.474. The number of nitro groups is 1. The molecule has 1 heterocycles. The molecule has 0 saturated heterocycles. The molecule has 1 fully saturated rings. The Kier molecular flexibility index (Phi) is 6.56. The van der Waals surface area contributed by atoms with E-state index in [4.69, 9.17) is 4.99 Å². The summed E-state index contributed by atoms with van der Waals surface area (Å²) in [6.45, 7) is 0. The first-order valence-electron chi connectivity index (χ1n) is 9.35. The van der Waals surface area contributed by atoms with Gasteiger partial charge in [-0.05, 0) is 18.9 Å². The molecule has 1 aliphatic carbocycles. The van der Waals surface area contributed by atoms with Crippen molar-refractivity contribution in [3.05, 3.63) is 50.0 Å². The van der Waals surface area contributed by atoms with Gasteiger partial charge in [0, 0.05) is 30.3 Å². The van der Waals surface area contributed by atoms with Crippen LogP contribution < -0.4 is 10.1 Å². The van der Waals surface area contributed by atoms with E-state index < -0.39 is 16.6 Å². The van der Waals surface area contributed by atoms with Gasteiger partial charge in [-0.1, -0.05) is 25.7 Å². The third-order valence-electron chi connectivity index (χ3n) is 4.91. The summed E-state index contributed by atoms with van der Waals surface area (Å²) in [6, 6.07) is 3.38. The molecule has 1 saturated carbocycles. The lowest BCUT2D eigenvalue weighted by molar-refractivity contribution is -0.384. The number of hydrogen-bond donors (Lipinski definition) is 1. The molecule has 1 aromatic heterocycles. The van der Waals surface area contributed by atoms with Crippen LogP contribution in [-0.2, 0) is 18.3 Å². The number of amides is 1. The molecule has 0 spiro atoms. The van der Waals surface area contributed by atoms with Gasteiger partial charge in [0.1, 0.15) is 5.82 Å². The lowest BCUT2D eigenvalue weighted by Crippen LogP contribution is -2.21. The van der Waals surface area contributed by atoms with Gasteiger partial charge in [-0.25, -0.2) is 4.39 Å². The van der Waals surface area contributed by atoms with Crippen molar-refractivity contribution in [2.24, 2.45) is 12.0 Å². The van der Waals surface area contributed by atoms with E-state index in [1.54, 1.807) is 0 Å². The number of thiazole rings is 1. The molecule has 150 valence electrons. The number of anilines is 1. The summed E-state index contributed by atoms with van der Waals surface area (Å²) < 4.78 is 15.7. The fourth-order valence-electron chi connectivity index (χ4n) is 3.30. The Labute approximate surface area is 166 Å². The highest BCUT2D eigenvalue weighted by molar-refractivity contribution is 7.07. The van der Waals surface area contributed by atoms with Crippen molar-refractivity contribution < 1.29 is 14.1 Å². The molecular formula is C19H23FN4O3S. The van der Waals surface area contributed by atoms with Gasteiger partial charge in [0.2, 0.25) is 5.91 Å². The fourth-order valence-corrected chi connectivity index (χ4v) is 4.27. The summed E-state index contributed by atoms with van der Waals surface area (Å²) in [4.78, 5) is 28.2. The largest absolute Gasteiger partial charge is 0.324 e. The average Bonchev–Trinajstić information content (AvgIpc) is 2.86. The number of hydrogen-bond acceptors (Lipinski definition) is 5. The zero-order chi connectivity index (χ0) is 20.1. The molecule has 1 aliphatic rings. The maximum Gasteiger partial charge on any atom is 0.271 e. The second-order valence-corrected chi connectivity index (χ2v) is 7.83. The number of nitrogens with one attached hydrogen (secondary N) is 1. The first-order valence-corrected chi connectivity index (χ1v) is 10.2. The van der Waals surface area contributed by atoms with Crippen LogP contribution in [-0.4, -0.2) is 21.4 Å². The van der Waals surface area contributed by atoms with Gasteiger partial charge < -0.3 is 9.88 Å². The number of nitro benzene ring substituents is 1. The Bertz CT molecular complexity index is 930. The van der Waals surface area contributed by atoms with E-state index in [2.05, 4.69) is 5.32 Å². The summed E-state index contributed by atoms with van der Waals surface area (Å²) in [6.07, 6.45) is 7.17. The minimum Gasteiger partial charge on any atom is -0.324 e. The van der Waals surface area contributed by atoms with Crippen molar-refractivity contribution in [2.45, 2.75) is 51.0 Å². The van der Waals surface area contributed by atoms with E-state index in [-0.39, 0.29) is 17.8 Å². The van der Waals surface area contributed by atoms with E-state index in [1.165, 1.54) is 37.0 Å². The first kappa shape index (κ1) is 20.2. The second-order valence-electron chi connectivity index (χ2n) is 6.99. The van der Waals surface area contributed by atoms with E-state index in [0.29, 0.717) is 6.04 Å². The number of rotatable bonds is 5. The zero-order valence-electron chi connectivity index (χ0n) is 15.7. The predicted molar refractivity (Wildman–Crippen MR) is 106 cm³/mol. The number of benzene rings is 1. The Hall–Kier alpha value is -2.55. The van der Waals surface area contributed by atoms with Crippen molar-refractivity contribution in [3.63, 3.8) is 0 Å². The Balaban J connectivity index is 1.70. The van der Waals surface area contributed by atoms with Crippen molar-refractivity contribution in [1.82, 2.24) is 4.57 Å². The number of nitrogens with zero attached hydrogens (tertiary/aromatic N) is 3. The summed E-state index contributed by atoms with van der Waals surface area (Å²) >= 11 is 1.49. The van der Waals surface area contributed by atoms with Crippen LogP contribution in [0.1, 0.15) is 44.2 Å². The lowest BCUT2D eigenvalue weighted by Gasteiger charge is -2.08. The Morgan fingerprint density at radius 1 is 1.36 bits per heavy atom. The van der Waals surface area contributed by atoms with Gasteiger partial charge in [0.05, 0.1) is 23.1 Å². The Morgan fingerprint density at radius 3 is 2.75 bits per heavy atom. The number of aromatic nitrogens is 1. The SMILES string of the molecule is Cn1c(CC(=O)Nc2cc([N+](=O)[O-])ccc2F)csc1=NC1CCCCCC1. The number of carbonyl (C=O) groups excluding carboxylic acids is 1. The van der Waals surface area contributed by atoms with E-state index in [1.807, 2.05) is 17.0 Å². The molecule has 1 amide bonds. The van der Waals surface area contributed by atoms with Gasteiger partial charge in [-0.3, -0.25) is 19.9 Å². The van der Waals surface area contributed by atoms with E-state index in [9.17, 15) is 19.3 Å². The van der Waals surface area contributed by atoms with E-state index >= 15 is 0 Å². The topological polar surface area (TPSA) is 89.5 Å². The molecular weight excluding hydrogens is 383 g/mol. The maximum absolute atomic E-state index is 13.9. The lowest BCUT2D eigenvalue weighted by atomic mass is 10.1. The van der Waals surface area contributed by atoms with Gasteiger partial charge in [0.15, 0.2) is 4.80 Å². The molecule has 3 rings (SSSR count). The summed E-state index contributed by atoms with van der Waals surface area (Å²) in [5.74, 6) is -1.15. The molecule has 0 radical (unpaired) electrons.